The summed E-state index contributed by atoms with van der Waals surface area (Å²) in [6.07, 6.45) is 0. The van der Waals surface area contributed by atoms with Gasteiger partial charge >= 0.3 is 121 Å². The van der Waals surface area contributed by atoms with Gasteiger partial charge in [-0.15, -0.1) is 0 Å². The summed E-state index contributed by atoms with van der Waals surface area (Å²) in [6, 6.07) is 6.26. The minimum absolute atomic E-state index is 0.137. The summed E-state index contributed by atoms with van der Waals surface area (Å²) in [5.74, 6) is 0. The fourth-order valence-electron chi connectivity index (χ4n) is 0.713. The Morgan fingerprint density at radius 2 is 1.81 bits per heavy atom. The molecule has 0 amide bonds. The van der Waals surface area contributed by atoms with Crippen LogP contribution >= 0.6 is 30.3 Å². The van der Waals surface area contributed by atoms with E-state index in [4.69, 9.17) is 30.3 Å². The predicted molar refractivity (Wildman–Crippen MR) is 57.8 cm³/mol. The number of hydrogen-bond acceptors (Lipinski definition) is 3. The molecule has 0 heterocycles. The van der Waals surface area contributed by atoms with Gasteiger partial charge in [0.1, 0.15) is 0 Å². The monoisotopic (exact) mass is 388 g/mol. The molecule has 1 rings (SSSR count). The van der Waals surface area contributed by atoms with Crippen molar-refractivity contribution in [1.82, 2.24) is 0 Å². The zero-order valence-corrected chi connectivity index (χ0v) is 13.1. The molecule has 0 unspecified atom stereocenters. The summed E-state index contributed by atoms with van der Waals surface area (Å²) in [7, 11) is 12.2. The topological polar surface area (TPSA) is 43.4 Å². The van der Waals surface area contributed by atoms with Crippen LogP contribution in [0.1, 0.15) is 0 Å². The molecule has 0 aliphatic heterocycles. The molecule has 0 radical (unpaired) electrons. The quantitative estimate of drug-likeness (QED) is 0.576. The Morgan fingerprint density at radius 1 is 1.31 bits per heavy atom. The van der Waals surface area contributed by atoms with E-state index in [1.54, 1.807) is 12.1 Å². The molecule has 0 aliphatic rings. The molecular weight excluding hydrogens is 382 g/mol. The van der Waals surface area contributed by atoms with Crippen molar-refractivity contribution in [2.24, 2.45) is 0 Å². The van der Waals surface area contributed by atoms with Crippen LogP contribution in [0.15, 0.2) is 29.2 Å². The molecule has 1 aromatic carbocycles. The van der Waals surface area contributed by atoms with Gasteiger partial charge in [-0.3, -0.25) is 0 Å². The van der Waals surface area contributed by atoms with Crippen LogP contribution in [0.2, 0.25) is 0 Å². The van der Waals surface area contributed by atoms with Gasteiger partial charge in [-0.05, 0) is 0 Å². The number of hydrogen-bond donors (Lipinski definition) is 0. The Bertz CT molecular complexity index is 422. The molecule has 9 heteroatoms. The molecule has 96 valence electrons. The third-order valence-electron chi connectivity index (χ3n) is 1.30. The molecule has 0 aliphatic carbocycles. The molecular formula is C7H7Cl3Fe2O3S. The normalized spacial score (nSPS) is 11.4. The van der Waals surface area contributed by atoms with E-state index in [1.165, 1.54) is 12.1 Å². The first-order valence-electron chi connectivity index (χ1n) is 3.51. The van der Waals surface area contributed by atoms with Crippen molar-refractivity contribution >= 4 is 44.9 Å². The van der Waals surface area contributed by atoms with Crippen LogP contribution in [0.4, 0.5) is 0 Å². The van der Waals surface area contributed by atoms with Gasteiger partial charge in [0, 0.05) is 0 Å². The zero-order chi connectivity index (χ0) is 12.8. The van der Waals surface area contributed by atoms with Crippen molar-refractivity contribution in [3.05, 3.63) is 24.3 Å². The molecule has 0 aromatic heterocycles. The third kappa shape index (κ3) is 7.38. The molecule has 0 atom stereocenters. The summed E-state index contributed by atoms with van der Waals surface area (Å²) in [5, 5.41) is 0. The summed E-state index contributed by atoms with van der Waals surface area (Å²) >= 11 is 2.28. The van der Waals surface area contributed by atoms with Crippen molar-refractivity contribution in [2.75, 3.05) is 7.11 Å². The standard InChI is InChI=1S/C7H7O3S.3ClH.2Fe/c1-10-11(8,9)7-5-3-2-4-6-7;;;;;/h2-3,5-6H,1H3;3*1H;;/q;;;;;+3/p-3. The first kappa shape index (κ1) is 17.0. The van der Waals surface area contributed by atoms with Gasteiger partial charge in [0.15, 0.2) is 0 Å². The van der Waals surface area contributed by atoms with E-state index >= 15 is 0 Å². The number of benzene rings is 1. The van der Waals surface area contributed by atoms with Gasteiger partial charge in [-0.25, -0.2) is 0 Å². The van der Waals surface area contributed by atoms with E-state index in [0.29, 0.717) is 4.46 Å². The maximum absolute atomic E-state index is 11.1. The third-order valence-corrected chi connectivity index (χ3v) is 2.91. The van der Waals surface area contributed by atoms with E-state index in [0.717, 1.165) is 7.11 Å². The molecule has 3 nitrogen and oxygen atoms in total. The molecule has 16 heavy (non-hydrogen) atoms. The van der Waals surface area contributed by atoms with Crippen molar-refractivity contribution < 1.29 is 39.8 Å². The predicted octanol–water partition coefficient (Wildman–Crippen LogP) is 2.26. The summed E-state index contributed by atoms with van der Waals surface area (Å²) in [4.78, 5) is 0.137. The molecule has 0 fully saturated rings. The van der Waals surface area contributed by atoms with E-state index in [1.807, 2.05) is 0 Å². The van der Waals surface area contributed by atoms with Crippen LogP contribution in [0.3, 0.4) is 0 Å². The average molecular weight is 389 g/mol. The Hall–Kier alpha value is 1.04. The van der Waals surface area contributed by atoms with E-state index in [9.17, 15) is 8.42 Å². The van der Waals surface area contributed by atoms with Crippen LogP contribution in [-0.2, 0) is 41.5 Å². The molecule has 0 saturated carbocycles. The fourth-order valence-corrected chi connectivity index (χ4v) is 1.80. The second-order valence-electron chi connectivity index (χ2n) is 2.22. The molecule has 0 bridgehead atoms. The summed E-state index contributed by atoms with van der Waals surface area (Å²) in [6.45, 7) is 0. The fraction of sp³-hybridized carbons (Fsp3) is 0.143. The molecule has 1 aromatic rings. The van der Waals surface area contributed by atoms with Gasteiger partial charge in [0.2, 0.25) is 0 Å². The molecule has 0 saturated heterocycles. The second-order valence-corrected chi connectivity index (χ2v) is 10.0. The van der Waals surface area contributed by atoms with Gasteiger partial charge in [-0.2, -0.15) is 0 Å². The van der Waals surface area contributed by atoms with Crippen molar-refractivity contribution in [3.63, 3.8) is 0 Å². The summed E-state index contributed by atoms with van der Waals surface area (Å²) in [5.41, 5.74) is 0. The Morgan fingerprint density at radius 3 is 2.19 bits per heavy atom. The Labute approximate surface area is 120 Å². The van der Waals surface area contributed by atoms with Crippen LogP contribution in [-0.4, -0.2) is 15.5 Å². The van der Waals surface area contributed by atoms with E-state index < -0.39 is 21.3 Å². The number of rotatable bonds is 2. The van der Waals surface area contributed by atoms with Crippen molar-refractivity contribution in [3.8, 4) is 0 Å². The zero-order valence-electron chi connectivity index (χ0n) is 7.78. The average Bonchev–Trinajstić information content (AvgIpc) is 2.17. The van der Waals surface area contributed by atoms with Gasteiger partial charge in [0.05, 0.1) is 0 Å². The Kier molecular flexibility index (Phi) is 8.73. The van der Waals surface area contributed by atoms with Gasteiger partial charge < -0.3 is 0 Å². The van der Waals surface area contributed by atoms with Crippen LogP contribution in [0.5, 0.6) is 0 Å². The van der Waals surface area contributed by atoms with Crippen molar-refractivity contribution in [1.29, 1.82) is 0 Å². The van der Waals surface area contributed by atoms with Crippen LogP contribution in [0, 0.1) is 0 Å². The summed E-state index contributed by atoms with van der Waals surface area (Å²) < 4.78 is 27.2. The Balaban J connectivity index is 0.000000487. The van der Waals surface area contributed by atoms with Gasteiger partial charge in [0.25, 0.3) is 0 Å². The first-order valence-corrected chi connectivity index (χ1v) is 10.0. The molecule has 0 spiro atoms. The molecule has 0 N–H and O–H groups in total. The first-order chi connectivity index (χ1) is 7.29. The van der Waals surface area contributed by atoms with E-state index in [-0.39, 0.29) is 4.90 Å². The van der Waals surface area contributed by atoms with Crippen LogP contribution in [0.25, 0.3) is 0 Å². The van der Waals surface area contributed by atoms with Gasteiger partial charge in [-0.1, -0.05) is 0 Å². The minimum atomic E-state index is -3.56. The van der Waals surface area contributed by atoms with E-state index in [2.05, 4.69) is 20.2 Å². The van der Waals surface area contributed by atoms with Crippen molar-refractivity contribution in [2.45, 2.75) is 4.90 Å². The second kappa shape index (κ2) is 8.20. The maximum atomic E-state index is 11.1. The van der Waals surface area contributed by atoms with Crippen LogP contribution < -0.4 is 4.46 Å². The number of halogens is 3. The SMILES string of the molecule is COS(=O)(=O)c1ccc[c]([Fe])c1.[Cl][Fe]([Cl])[Cl].